The van der Waals surface area contributed by atoms with Crippen LogP contribution in [0.25, 0.3) is 22.2 Å². The lowest BCUT2D eigenvalue weighted by molar-refractivity contribution is 1.05. The van der Waals surface area contributed by atoms with E-state index in [9.17, 15) is 0 Å². The Morgan fingerprint density at radius 1 is 1.00 bits per heavy atom. The second-order valence-electron chi connectivity index (χ2n) is 5.97. The van der Waals surface area contributed by atoms with Gasteiger partial charge >= 0.3 is 0 Å². The number of H-pyrrole nitrogens is 1. The minimum absolute atomic E-state index is 0.213. The van der Waals surface area contributed by atoms with Gasteiger partial charge in [-0.1, -0.05) is 23.8 Å². The maximum Gasteiger partial charge on any atom is 0.224 e. The molecule has 124 valence electrons. The van der Waals surface area contributed by atoms with Crippen molar-refractivity contribution in [1.82, 2.24) is 20.2 Å². The first-order chi connectivity index (χ1) is 12.1. The number of nitrogens with zero attached hydrogens (tertiary/aromatic N) is 3. The second kappa shape index (κ2) is 6.18. The lowest BCUT2D eigenvalue weighted by Crippen LogP contribution is -1.99. The first kappa shape index (κ1) is 15.6. The van der Waals surface area contributed by atoms with Crippen LogP contribution in [0.15, 0.2) is 48.5 Å². The van der Waals surface area contributed by atoms with Crippen molar-refractivity contribution in [2.45, 2.75) is 13.8 Å². The number of nitrogens with one attached hydrogen (secondary N) is 2. The molecule has 0 saturated carbocycles. The number of benzene rings is 2. The minimum atomic E-state index is 0.213. The summed E-state index contributed by atoms with van der Waals surface area (Å²) in [5.41, 5.74) is 5.77. The van der Waals surface area contributed by atoms with Crippen LogP contribution in [-0.2, 0) is 0 Å². The quantitative estimate of drug-likeness (QED) is 0.509. The molecule has 0 bridgehead atoms. The molecule has 4 rings (SSSR count). The molecule has 4 aromatic rings. The van der Waals surface area contributed by atoms with E-state index in [4.69, 9.17) is 11.6 Å². The Balaban J connectivity index is 1.85. The highest BCUT2D eigenvalue weighted by molar-refractivity contribution is 6.28. The first-order valence-electron chi connectivity index (χ1n) is 7.92. The molecule has 0 atom stereocenters. The average Bonchev–Trinajstić information content (AvgIpc) is 3.02. The number of fused-ring (bicyclic) bond motifs is 1. The van der Waals surface area contributed by atoms with Gasteiger partial charge in [0, 0.05) is 22.3 Å². The first-order valence-corrected chi connectivity index (χ1v) is 8.30. The van der Waals surface area contributed by atoms with Crippen LogP contribution in [0.1, 0.15) is 11.3 Å². The zero-order valence-corrected chi connectivity index (χ0v) is 14.6. The molecule has 0 saturated heterocycles. The van der Waals surface area contributed by atoms with Crippen LogP contribution in [0.4, 0.5) is 11.5 Å². The van der Waals surface area contributed by atoms with Gasteiger partial charge in [-0.05, 0) is 55.8 Å². The Hall–Kier alpha value is -2.92. The van der Waals surface area contributed by atoms with Crippen molar-refractivity contribution < 1.29 is 0 Å². The summed E-state index contributed by atoms with van der Waals surface area (Å²) in [7, 11) is 0. The third-order valence-electron chi connectivity index (χ3n) is 3.99. The van der Waals surface area contributed by atoms with Gasteiger partial charge in [-0.25, -0.2) is 4.98 Å². The predicted octanol–water partition coefficient (Wildman–Crippen LogP) is 5.03. The number of rotatable bonds is 3. The molecule has 25 heavy (non-hydrogen) atoms. The summed E-state index contributed by atoms with van der Waals surface area (Å²) in [5.74, 6) is 0.674. The molecule has 2 heterocycles. The highest BCUT2D eigenvalue weighted by Crippen LogP contribution is 2.32. The number of aromatic amines is 1. The van der Waals surface area contributed by atoms with Crippen LogP contribution in [0.2, 0.25) is 5.28 Å². The van der Waals surface area contributed by atoms with Crippen molar-refractivity contribution in [1.29, 1.82) is 0 Å². The SMILES string of the molecule is Cc1ccc(Nc2nc(Cl)nc3ccccc23)c(-c2cc(C)[nH]n2)c1. The van der Waals surface area contributed by atoms with E-state index in [1.165, 1.54) is 0 Å². The Morgan fingerprint density at radius 3 is 2.64 bits per heavy atom. The number of aromatic nitrogens is 4. The fraction of sp³-hybridized carbons (Fsp3) is 0.105. The molecule has 5 nitrogen and oxygen atoms in total. The summed E-state index contributed by atoms with van der Waals surface area (Å²) in [6.45, 7) is 4.04. The summed E-state index contributed by atoms with van der Waals surface area (Å²) in [4.78, 5) is 8.65. The van der Waals surface area contributed by atoms with E-state index >= 15 is 0 Å². The molecule has 0 aliphatic carbocycles. The number of halogens is 1. The molecular formula is C19H16ClN5. The van der Waals surface area contributed by atoms with Gasteiger partial charge in [0.15, 0.2) is 0 Å². The van der Waals surface area contributed by atoms with E-state index in [1.807, 2.05) is 43.3 Å². The third-order valence-corrected chi connectivity index (χ3v) is 4.15. The van der Waals surface area contributed by atoms with Gasteiger partial charge in [0.2, 0.25) is 5.28 Å². The number of anilines is 2. The highest BCUT2D eigenvalue weighted by Gasteiger charge is 2.12. The minimum Gasteiger partial charge on any atom is -0.339 e. The van der Waals surface area contributed by atoms with E-state index in [0.717, 1.165) is 39.1 Å². The number of hydrogen-bond donors (Lipinski definition) is 2. The Kier molecular flexibility index (Phi) is 3.86. The molecule has 0 aliphatic heterocycles. The normalized spacial score (nSPS) is 11.0. The van der Waals surface area contributed by atoms with Crippen molar-refractivity contribution >= 4 is 34.0 Å². The molecule has 0 aliphatic rings. The van der Waals surface area contributed by atoms with Crippen LogP contribution >= 0.6 is 11.6 Å². The van der Waals surface area contributed by atoms with Crippen LogP contribution in [-0.4, -0.2) is 20.2 Å². The van der Waals surface area contributed by atoms with Crippen molar-refractivity contribution in [2.75, 3.05) is 5.32 Å². The lowest BCUT2D eigenvalue weighted by Gasteiger charge is -2.13. The molecule has 2 aromatic carbocycles. The summed E-state index contributed by atoms with van der Waals surface area (Å²) in [5, 5.41) is 11.9. The molecule has 2 N–H and O–H groups in total. The van der Waals surface area contributed by atoms with Gasteiger partial charge in [0.05, 0.1) is 11.2 Å². The predicted molar refractivity (Wildman–Crippen MR) is 101 cm³/mol. The summed E-state index contributed by atoms with van der Waals surface area (Å²) < 4.78 is 0. The molecule has 0 spiro atoms. The fourth-order valence-electron chi connectivity index (χ4n) is 2.81. The maximum absolute atomic E-state index is 6.10. The second-order valence-corrected chi connectivity index (χ2v) is 6.31. The van der Waals surface area contributed by atoms with Crippen LogP contribution < -0.4 is 5.32 Å². The topological polar surface area (TPSA) is 66.5 Å². The van der Waals surface area contributed by atoms with E-state index in [1.54, 1.807) is 0 Å². The van der Waals surface area contributed by atoms with Gasteiger partial charge < -0.3 is 5.32 Å². The Morgan fingerprint density at radius 2 is 1.84 bits per heavy atom. The van der Waals surface area contributed by atoms with Crippen LogP contribution in [0, 0.1) is 13.8 Å². The van der Waals surface area contributed by atoms with Crippen molar-refractivity contribution in [3.05, 3.63) is 65.1 Å². The van der Waals surface area contributed by atoms with Crippen molar-refractivity contribution in [2.24, 2.45) is 0 Å². The maximum atomic E-state index is 6.10. The number of para-hydroxylation sites is 1. The summed E-state index contributed by atoms with van der Waals surface area (Å²) in [6.07, 6.45) is 0. The van der Waals surface area contributed by atoms with Crippen molar-refractivity contribution in [3.63, 3.8) is 0 Å². The molecular weight excluding hydrogens is 334 g/mol. The molecule has 6 heteroatoms. The molecule has 0 fully saturated rings. The lowest BCUT2D eigenvalue weighted by atomic mass is 10.1. The molecule has 0 amide bonds. The van der Waals surface area contributed by atoms with Crippen LogP contribution in [0.5, 0.6) is 0 Å². The standard InChI is InChI=1S/C19H16ClN5/c1-11-7-8-16(14(9-11)17-10-12(2)24-25-17)21-18-13-5-3-4-6-15(13)22-19(20)23-18/h3-10H,1-2H3,(H,24,25)(H,21,22,23). The van der Waals surface area contributed by atoms with Gasteiger partial charge in [-0.3, -0.25) is 5.10 Å². The molecule has 2 aromatic heterocycles. The fourth-order valence-corrected chi connectivity index (χ4v) is 2.98. The molecule has 0 unspecified atom stereocenters. The van der Waals surface area contributed by atoms with Crippen molar-refractivity contribution in [3.8, 4) is 11.3 Å². The van der Waals surface area contributed by atoms with E-state index < -0.39 is 0 Å². The zero-order valence-electron chi connectivity index (χ0n) is 13.8. The summed E-state index contributed by atoms with van der Waals surface area (Å²) >= 11 is 6.10. The van der Waals surface area contributed by atoms with Gasteiger partial charge in [-0.2, -0.15) is 10.1 Å². The largest absolute Gasteiger partial charge is 0.339 e. The number of hydrogen-bond acceptors (Lipinski definition) is 4. The van der Waals surface area contributed by atoms with Crippen LogP contribution in [0.3, 0.4) is 0 Å². The smallest absolute Gasteiger partial charge is 0.224 e. The van der Waals surface area contributed by atoms with Gasteiger partial charge in [0.25, 0.3) is 0 Å². The third kappa shape index (κ3) is 3.06. The van der Waals surface area contributed by atoms with E-state index in [-0.39, 0.29) is 5.28 Å². The van der Waals surface area contributed by atoms with Gasteiger partial charge in [0.1, 0.15) is 5.82 Å². The Bertz CT molecular complexity index is 1070. The summed E-state index contributed by atoms with van der Waals surface area (Å²) in [6, 6.07) is 16.0. The zero-order chi connectivity index (χ0) is 17.4. The molecule has 0 radical (unpaired) electrons. The average molecular weight is 350 g/mol. The van der Waals surface area contributed by atoms with E-state index in [0.29, 0.717) is 5.82 Å². The Labute approximate surface area is 150 Å². The highest BCUT2D eigenvalue weighted by atomic mass is 35.5. The number of aryl methyl sites for hydroxylation is 2. The van der Waals surface area contributed by atoms with Gasteiger partial charge in [-0.15, -0.1) is 0 Å². The monoisotopic (exact) mass is 349 g/mol. The van der Waals surface area contributed by atoms with E-state index in [2.05, 4.69) is 44.5 Å².